The first-order chi connectivity index (χ1) is 9.81. The average molecular weight is 268 g/mol. The maximum absolute atomic E-state index is 5.38. The number of rotatable bonds is 5. The van der Waals surface area contributed by atoms with Crippen LogP contribution < -0.4 is 5.32 Å². The maximum atomic E-state index is 5.38. The number of hydrogen-bond acceptors (Lipinski definition) is 4. The summed E-state index contributed by atoms with van der Waals surface area (Å²) < 4.78 is 7.18. The number of nitrogens with one attached hydrogen (secondary N) is 1. The molecule has 0 spiro atoms. The van der Waals surface area contributed by atoms with Crippen molar-refractivity contribution in [2.45, 2.75) is 19.5 Å². The third-order valence-corrected chi connectivity index (χ3v) is 3.12. The van der Waals surface area contributed by atoms with Crippen molar-refractivity contribution in [2.75, 3.05) is 5.32 Å². The lowest BCUT2D eigenvalue weighted by Crippen LogP contribution is -2.05. The molecule has 20 heavy (non-hydrogen) atoms. The summed E-state index contributed by atoms with van der Waals surface area (Å²) in [6.45, 7) is 2.80. The number of anilines is 1. The van der Waals surface area contributed by atoms with Crippen molar-refractivity contribution >= 4 is 5.69 Å². The molecule has 3 rings (SSSR count). The molecule has 0 saturated carbocycles. The van der Waals surface area contributed by atoms with Gasteiger partial charge in [-0.3, -0.25) is 0 Å². The van der Waals surface area contributed by atoms with E-state index in [1.165, 1.54) is 5.56 Å². The standard InChI is InChI=1S/C15H16N4O/c1-12(15-3-2-8-20-15)18-14-6-4-13(5-7-14)9-19-11-16-10-17-19/h2-8,10-12,18H,9H2,1H3. The fourth-order valence-electron chi connectivity index (χ4n) is 2.07. The molecule has 0 aliphatic rings. The monoisotopic (exact) mass is 268 g/mol. The topological polar surface area (TPSA) is 55.9 Å². The number of benzene rings is 1. The van der Waals surface area contributed by atoms with Crippen LogP contribution in [0, 0.1) is 0 Å². The summed E-state index contributed by atoms with van der Waals surface area (Å²) in [5.74, 6) is 0.927. The van der Waals surface area contributed by atoms with Crippen molar-refractivity contribution in [1.29, 1.82) is 0 Å². The minimum Gasteiger partial charge on any atom is -0.467 e. The smallest absolute Gasteiger partial charge is 0.137 e. The molecule has 0 fully saturated rings. The quantitative estimate of drug-likeness (QED) is 0.772. The van der Waals surface area contributed by atoms with Gasteiger partial charge in [-0.15, -0.1) is 0 Å². The Morgan fingerprint density at radius 1 is 1.25 bits per heavy atom. The van der Waals surface area contributed by atoms with Crippen molar-refractivity contribution in [2.24, 2.45) is 0 Å². The number of hydrogen-bond donors (Lipinski definition) is 1. The summed E-state index contributed by atoms with van der Waals surface area (Å²) in [5.41, 5.74) is 2.25. The minimum absolute atomic E-state index is 0.145. The normalized spacial score (nSPS) is 12.2. The highest BCUT2D eigenvalue weighted by atomic mass is 16.3. The molecular formula is C15H16N4O. The second kappa shape index (κ2) is 5.61. The fourth-order valence-corrected chi connectivity index (χ4v) is 2.07. The molecule has 5 heteroatoms. The molecule has 5 nitrogen and oxygen atoms in total. The van der Waals surface area contributed by atoms with Crippen LogP contribution in [0.3, 0.4) is 0 Å². The van der Waals surface area contributed by atoms with E-state index < -0.39 is 0 Å². The van der Waals surface area contributed by atoms with Gasteiger partial charge in [-0.2, -0.15) is 5.10 Å². The predicted octanol–water partition coefficient (Wildman–Crippen LogP) is 3.09. The fraction of sp³-hybridized carbons (Fsp3) is 0.200. The Hall–Kier alpha value is -2.56. The molecule has 3 aromatic rings. The Morgan fingerprint density at radius 2 is 2.10 bits per heavy atom. The lowest BCUT2D eigenvalue weighted by molar-refractivity contribution is 0.490. The molecule has 0 radical (unpaired) electrons. The van der Waals surface area contributed by atoms with E-state index in [0.29, 0.717) is 0 Å². The highest BCUT2D eigenvalue weighted by Gasteiger charge is 2.07. The van der Waals surface area contributed by atoms with Crippen LogP contribution in [0.2, 0.25) is 0 Å². The SMILES string of the molecule is CC(Nc1ccc(Cn2cncn2)cc1)c1ccco1. The van der Waals surface area contributed by atoms with Gasteiger partial charge in [0.25, 0.3) is 0 Å². The highest BCUT2D eigenvalue weighted by Crippen LogP contribution is 2.19. The summed E-state index contributed by atoms with van der Waals surface area (Å²) >= 11 is 0. The summed E-state index contributed by atoms with van der Waals surface area (Å²) in [6.07, 6.45) is 4.95. The largest absolute Gasteiger partial charge is 0.467 e. The predicted molar refractivity (Wildman–Crippen MR) is 76.3 cm³/mol. The molecular weight excluding hydrogens is 252 g/mol. The zero-order valence-corrected chi connectivity index (χ0v) is 11.2. The maximum Gasteiger partial charge on any atom is 0.137 e. The van der Waals surface area contributed by atoms with Crippen LogP contribution in [0.1, 0.15) is 24.3 Å². The first-order valence-electron chi connectivity index (χ1n) is 6.52. The van der Waals surface area contributed by atoms with Crippen LogP contribution in [0.15, 0.2) is 59.7 Å². The zero-order valence-electron chi connectivity index (χ0n) is 11.2. The molecule has 0 bridgehead atoms. The van der Waals surface area contributed by atoms with E-state index >= 15 is 0 Å². The summed E-state index contributed by atoms with van der Waals surface area (Å²) in [7, 11) is 0. The molecule has 1 atom stereocenters. The molecule has 0 saturated heterocycles. The Morgan fingerprint density at radius 3 is 2.75 bits per heavy atom. The molecule has 0 amide bonds. The van der Waals surface area contributed by atoms with Crippen LogP contribution in [-0.4, -0.2) is 14.8 Å². The van der Waals surface area contributed by atoms with E-state index in [4.69, 9.17) is 4.42 Å². The first-order valence-corrected chi connectivity index (χ1v) is 6.52. The number of furan rings is 1. The summed E-state index contributed by atoms with van der Waals surface area (Å²) in [5, 5.41) is 7.50. The first kappa shape index (κ1) is 12.5. The second-order valence-corrected chi connectivity index (χ2v) is 4.67. The van der Waals surface area contributed by atoms with Crippen molar-refractivity contribution in [3.8, 4) is 0 Å². The second-order valence-electron chi connectivity index (χ2n) is 4.67. The van der Waals surface area contributed by atoms with Crippen LogP contribution >= 0.6 is 0 Å². The zero-order chi connectivity index (χ0) is 13.8. The van der Waals surface area contributed by atoms with Gasteiger partial charge < -0.3 is 9.73 Å². The third kappa shape index (κ3) is 2.88. The van der Waals surface area contributed by atoms with E-state index in [1.54, 1.807) is 23.6 Å². The molecule has 1 aromatic carbocycles. The van der Waals surface area contributed by atoms with E-state index in [0.717, 1.165) is 18.0 Å². The van der Waals surface area contributed by atoms with Crippen LogP contribution in [-0.2, 0) is 6.54 Å². The van der Waals surface area contributed by atoms with Crippen LogP contribution in [0.25, 0.3) is 0 Å². The van der Waals surface area contributed by atoms with Gasteiger partial charge >= 0.3 is 0 Å². The van der Waals surface area contributed by atoms with Crippen molar-refractivity contribution in [3.63, 3.8) is 0 Å². The van der Waals surface area contributed by atoms with Crippen molar-refractivity contribution < 1.29 is 4.42 Å². The Bertz CT molecular complexity index is 629. The Labute approximate surface area is 117 Å². The van der Waals surface area contributed by atoms with Crippen molar-refractivity contribution in [3.05, 3.63) is 66.6 Å². The lowest BCUT2D eigenvalue weighted by Gasteiger charge is -2.13. The van der Waals surface area contributed by atoms with E-state index in [9.17, 15) is 0 Å². The Kier molecular flexibility index (Phi) is 3.50. The molecule has 0 aliphatic carbocycles. The van der Waals surface area contributed by atoms with Gasteiger partial charge in [-0.25, -0.2) is 9.67 Å². The van der Waals surface area contributed by atoms with Crippen molar-refractivity contribution in [1.82, 2.24) is 14.8 Å². The van der Waals surface area contributed by atoms with Gasteiger partial charge in [0.2, 0.25) is 0 Å². The molecule has 102 valence electrons. The van der Waals surface area contributed by atoms with E-state index in [-0.39, 0.29) is 6.04 Å². The number of aromatic nitrogens is 3. The van der Waals surface area contributed by atoms with E-state index in [2.05, 4.69) is 46.6 Å². The summed E-state index contributed by atoms with van der Waals surface area (Å²) in [4.78, 5) is 3.93. The van der Waals surface area contributed by atoms with Gasteiger partial charge in [0.15, 0.2) is 0 Å². The third-order valence-electron chi connectivity index (χ3n) is 3.12. The molecule has 2 heterocycles. The van der Waals surface area contributed by atoms with Gasteiger partial charge in [0.05, 0.1) is 18.8 Å². The van der Waals surface area contributed by atoms with Gasteiger partial charge in [0, 0.05) is 5.69 Å². The van der Waals surface area contributed by atoms with E-state index in [1.807, 2.05) is 12.1 Å². The minimum atomic E-state index is 0.145. The average Bonchev–Trinajstić information content (AvgIpc) is 3.13. The van der Waals surface area contributed by atoms with Crippen LogP contribution in [0.5, 0.6) is 0 Å². The van der Waals surface area contributed by atoms with Gasteiger partial charge in [0.1, 0.15) is 18.4 Å². The Balaban J connectivity index is 1.64. The molecule has 1 unspecified atom stereocenters. The molecule has 0 aliphatic heterocycles. The van der Waals surface area contributed by atoms with Gasteiger partial charge in [-0.05, 0) is 36.8 Å². The molecule has 2 aromatic heterocycles. The van der Waals surface area contributed by atoms with Gasteiger partial charge in [-0.1, -0.05) is 12.1 Å². The lowest BCUT2D eigenvalue weighted by atomic mass is 10.2. The summed E-state index contributed by atoms with van der Waals surface area (Å²) in [6, 6.07) is 12.3. The number of nitrogens with zero attached hydrogens (tertiary/aromatic N) is 3. The molecule has 1 N–H and O–H groups in total. The highest BCUT2D eigenvalue weighted by molar-refractivity contribution is 5.46. The van der Waals surface area contributed by atoms with Crippen LogP contribution in [0.4, 0.5) is 5.69 Å².